The zero-order valence-corrected chi connectivity index (χ0v) is 8.73. The van der Waals surface area contributed by atoms with Gasteiger partial charge < -0.3 is 10.5 Å². The van der Waals surface area contributed by atoms with Crippen molar-refractivity contribution in [3.05, 3.63) is 18.2 Å². The van der Waals surface area contributed by atoms with E-state index < -0.39 is 12.8 Å². The SMILES string of the molecule is Nc1nc2c(OCC(F)(F)F)cccc2s1. The lowest BCUT2D eigenvalue weighted by Crippen LogP contribution is -2.19. The number of hydrogen-bond donors (Lipinski definition) is 1. The maximum absolute atomic E-state index is 12.0. The number of fused-ring (bicyclic) bond motifs is 1. The molecule has 7 heteroatoms. The van der Waals surface area contributed by atoms with Crippen molar-refractivity contribution in [2.24, 2.45) is 0 Å². The maximum atomic E-state index is 12.0. The molecule has 2 rings (SSSR count). The van der Waals surface area contributed by atoms with Gasteiger partial charge in [-0.1, -0.05) is 17.4 Å². The van der Waals surface area contributed by atoms with E-state index in [0.29, 0.717) is 15.3 Å². The summed E-state index contributed by atoms with van der Waals surface area (Å²) in [6.07, 6.45) is -4.36. The molecule has 0 saturated heterocycles. The first-order valence-corrected chi connectivity index (χ1v) is 5.12. The van der Waals surface area contributed by atoms with Crippen molar-refractivity contribution in [2.75, 3.05) is 12.3 Å². The highest BCUT2D eigenvalue weighted by molar-refractivity contribution is 7.22. The molecule has 0 radical (unpaired) electrons. The molecular formula is C9H7F3N2OS. The van der Waals surface area contributed by atoms with Crippen molar-refractivity contribution in [3.8, 4) is 5.75 Å². The molecule has 1 heterocycles. The second-order valence-electron chi connectivity index (χ2n) is 3.06. The summed E-state index contributed by atoms with van der Waals surface area (Å²) >= 11 is 1.21. The van der Waals surface area contributed by atoms with Gasteiger partial charge in [0.15, 0.2) is 11.7 Å². The topological polar surface area (TPSA) is 48.1 Å². The Labute approximate surface area is 92.7 Å². The third-order valence-electron chi connectivity index (χ3n) is 1.79. The Hall–Kier alpha value is -1.50. The molecule has 1 aromatic carbocycles. The van der Waals surface area contributed by atoms with Gasteiger partial charge in [0.2, 0.25) is 0 Å². The standard InChI is InChI=1S/C9H7F3N2OS/c10-9(11,12)4-15-5-2-1-3-6-7(5)14-8(13)16-6/h1-3H,4H2,(H2,13,14). The van der Waals surface area contributed by atoms with E-state index in [-0.39, 0.29) is 5.75 Å². The van der Waals surface area contributed by atoms with Crippen LogP contribution in [0, 0.1) is 0 Å². The molecule has 0 atom stereocenters. The second kappa shape index (κ2) is 3.82. The molecule has 0 saturated carbocycles. The van der Waals surface area contributed by atoms with E-state index in [1.807, 2.05) is 0 Å². The molecule has 0 amide bonds. The molecule has 16 heavy (non-hydrogen) atoms. The molecular weight excluding hydrogens is 241 g/mol. The summed E-state index contributed by atoms with van der Waals surface area (Å²) in [6, 6.07) is 4.77. The predicted octanol–water partition coefficient (Wildman–Crippen LogP) is 2.82. The highest BCUT2D eigenvalue weighted by Gasteiger charge is 2.28. The van der Waals surface area contributed by atoms with Gasteiger partial charge in [0.1, 0.15) is 11.3 Å². The Morgan fingerprint density at radius 3 is 2.81 bits per heavy atom. The monoisotopic (exact) mass is 248 g/mol. The zero-order chi connectivity index (χ0) is 11.8. The van der Waals surface area contributed by atoms with Crippen molar-refractivity contribution in [1.82, 2.24) is 4.98 Å². The fourth-order valence-corrected chi connectivity index (χ4v) is 1.97. The van der Waals surface area contributed by atoms with Crippen molar-refractivity contribution in [2.45, 2.75) is 6.18 Å². The minimum Gasteiger partial charge on any atom is -0.482 e. The predicted molar refractivity (Wildman–Crippen MR) is 55.6 cm³/mol. The first kappa shape index (κ1) is 11.0. The van der Waals surface area contributed by atoms with Crippen molar-refractivity contribution < 1.29 is 17.9 Å². The number of alkyl halides is 3. The number of ether oxygens (including phenoxy) is 1. The van der Waals surface area contributed by atoms with Gasteiger partial charge >= 0.3 is 6.18 Å². The van der Waals surface area contributed by atoms with Gasteiger partial charge in [-0.25, -0.2) is 4.98 Å². The maximum Gasteiger partial charge on any atom is 0.422 e. The van der Waals surface area contributed by atoms with Crippen LogP contribution in [-0.2, 0) is 0 Å². The van der Waals surface area contributed by atoms with Gasteiger partial charge in [-0.05, 0) is 12.1 Å². The van der Waals surface area contributed by atoms with Crippen LogP contribution in [0.5, 0.6) is 5.75 Å². The van der Waals surface area contributed by atoms with E-state index in [1.54, 1.807) is 12.1 Å². The minimum atomic E-state index is -4.36. The average Bonchev–Trinajstić information content (AvgIpc) is 2.54. The van der Waals surface area contributed by atoms with Gasteiger partial charge in [-0.2, -0.15) is 13.2 Å². The number of para-hydroxylation sites is 1. The van der Waals surface area contributed by atoms with Crippen molar-refractivity contribution >= 4 is 26.7 Å². The van der Waals surface area contributed by atoms with E-state index in [2.05, 4.69) is 9.72 Å². The average molecular weight is 248 g/mol. The molecule has 2 N–H and O–H groups in total. The lowest BCUT2D eigenvalue weighted by molar-refractivity contribution is -0.153. The summed E-state index contributed by atoms with van der Waals surface area (Å²) in [5, 5.41) is 0.304. The largest absolute Gasteiger partial charge is 0.482 e. The number of halogens is 3. The van der Waals surface area contributed by atoms with Crippen LogP contribution in [0.15, 0.2) is 18.2 Å². The van der Waals surface area contributed by atoms with Crippen molar-refractivity contribution in [1.29, 1.82) is 0 Å². The number of benzene rings is 1. The molecule has 0 aliphatic carbocycles. The number of thiazole rings is 1. The Kier molecular flexibility index (Phi) is 2.63. The normalized spacial score (nSPS) is 11.9. The van der Waals surface area contributed by atoms with E-state index in [0.717, 1.165) is 0 Å². The van der Waals surface area contributed by atoms with Gasteiger partial charge in [0.05, 0.1) is 4.70 Å². The second-order valence-corrected chi connectivity index (χ2v) is 4.12. The summed E-state index contributed by atoms with van der Waals surface area (Å²) in [6.45, 7) is -1.33. The quantitative estimate of drug-likeness (QED) is 0.889. The van der Waals surface area contributed by atoms with Gasteiger partial charge in [0.25, 0.3) is 0 Å². The number of nitrogen functional groups attached to an aromatic ring is 1. The molecule has 0 spiro atoms. The molecule has 1 aromatic heterocycles. The Bertz CT molecular complexity index is 509. The lowest BCUT2D eigenvalue weighted by Gasteiger charge is -2.08. The summed E-state index contributed by atoms with van der Waals surface area (Å²) < 4.78 is 41.3. The summed E-state index contributed by atoms with van der Waals surface area (Å²) in [4.78, 5) is 3.92. The molecule has 86 valence electrons. The van der Waals surface area contributed by atoms with Crippen LogP contribution < -0.4 is 10.5 Å². The van der Waals surface area contributed by atoms with Crippen LogP contribution in [0.2, 0.25) is 0 Å². The first-order valence-electron chi connectivity index (χ1n) is 4.30. The van der Waals surface area contributed by atoms with Crippen molar-refractivity contribution in [3.63, 3.8) is 0 Å². The van der Waals surface area contributed by atoms with Gasteiger partial charge in [-0.15, -0.1) is 0 Å². The van der Waals surface area contributed by atoms with Crippen LogP contribution in [0.4, 0.5) is 18.3 Å². The minimum absolute atomic E-state index is 0.0998. The molecule has 2 aromatic rings. The molecule has 0 aliphatic heterocycles. The van der Waals surface area contributed by atoms with Crippen LogP contribution in [0.25, 0.3) is 10.2 Å². The highest BCUT2D eigenvalue weighted by Crippen LogP contribution is 2.31. The molecule has 0 fully saturated rings. The fourth-order valence-electron chi connectivity index (χ4n) is 1.22. The van der Waals surface area contributed by atoms with Gasteiger partial charge in [0, 0.05) is 0 Å². The smallest absolute Gasteiger partial charge is 0.422 e. The number of anilines is 1. The molecule has 3 nitrogen and oxygen atoms in total. The Morgan fingerprint density at radius 1 is 1.38 bits per heavy atom. The van der Waals surface area contributed by atoms with Crippen LogP contribution >= 0.6 is 11.3 Å². The number of rotatable bonds is 2. The fraction of sp³-hybridized carbons (Fsp3) is 0.222. The Balaban J connectivity index is 2.30. The Morgan fingerprint density at radius 2 is 2.12 bits per heavy atom. The highest BCUT2D eigenvalue weighted by atomic mass is 32.1. The number of nitrogens with zero attached hydrogens (tertiary/aromatic N) is 1. The molecule has 0 unspecified atom stereocenters. The number of aromatic nitrogens is 1. The number of hydrogen-bond acceptors (Lipinski definition) is 4. The summed E-state index contributed by atoms with van der Waals surface area (Å²) in [5.74, 6) is 0.0998. The third kappa shape index (κ3) is 2.35. The zero-order valence-electron chi connectivity index (χ0n) is 7.91. The third-order valence-corrected chi connectivity index (χ3v) is 2.64. The van der Waals surface area contributed by atoms with Gasteiger partial charge in [-0.3, -0.25) is 0 Å². The van der Waals surface area contributed by atoms with E-state index >= 15 is 0 Å². The summed E-state index contributed by atoms with van der Waals surface area (Å²) in [5.41, 5.74) is 5.84. The van der Waals surface area contributed by atoms with Crippen LogP contribution in [0.3, 0.4) is 0 Å². The summed E-state index contributed by atoms with van der Waals surface area (Å²) in [7, 11) is 0. The lowest BCUT2D eigenvalue weighted by atomic mass is 10.3. The van der Waals surface area contributed by atoms with E-state index in [4.69, 9.17) is 5.73 Å². The molecule has 0 aliphatic rings. The van der Waals surface area contributed by atoms with E-state index in [9.17, 15) is 13.2 Å². The number of nitrogens with two attached hydrogens (primary N) is 1. The first-order chi connectivity index (χ1) is 7.46. The van der Waals surface area contributed by atoms with E-state index in [1.165, 1.54) is 17.4 Å². The van der Waals surface area contributed by atoms with Crippen LogP contribution in [0.1, 0.15) is 0 Å². The molecule has 0 bridgehead atoms. The van der Waals surface area contributed by atoms with Crippen LogP contribution in [-0.4, -0.2) is 17.8 Å².